The summed E-state index contributed by atoms with van der Waals surface area (Å²) < 4.78 is 0. The first-order valence-corrected chi connectivity index (χ1v) is 15.6. The Morgan fingerprint density at radius 3 is 1.26 bits per heavy atom. The van der Waals surface area contributed by atoms with Crippen molar-refractivity contribution in [3.63, 3.8) is 0 Å². The summed E-state index contributed by atoms with van der Waals surface area (Å²) in [6.07, 6.45) is 35.6. The molecule has 0 fully saturated rings. The van der Waals surface area contributed by atoms with Crippen LogP contribution in [0.15, 0.2) is 12.2 Å². The monoisotopic (exact) mass is 496 g/mol. The van der Waals surface area contributed by atoms with Gasteiger partial charge in [-0.15, -0.1) is 0 Å². The molecule has 0 aromatic heterocycles. The van der Waals surface area contributed by atoms with E-state index < -0.39 is 5.97 Å². The Morgan fingerprint density at radius 1 is 0.543 bits per heavy atom. The highest BCUT2D eigenvalue weighted by molar-refractivity contribution is 5.66. The summed E-state index contributed by atoms with van der Waals surface area (Å²) in [6.45, 7) is 5.80. The van der Waals surface area contributed by atoms with Gasteiger partial charge in [0.05, 0.1) is 0 Å². The van der Waals surface area contributed by atoms with E-state index in [4.69, 9.17) is 5.11 Å². The van der Waals surface area contributed by atoms with Crippen LogP contribution >= 0.6 is 0 Å². The Morgan fingerprint density at radius 2 is 0.886 bits per heavy atom. The fraction of sp³-hybridized carbons (Fsp3) is 0.906. The summed E-state index contributed by atoms with van der Waals surface area (Å²) in [4.78, 5) is 12.6. The first-order valence-electron chi connectivity index (χ1n) is 15.6. The second-order valence-corrected chi connectivity index (χ2v) is 10.7. The molecule has 0 saturated heterocycles. The average molecular weight is 496 g/mol. The van der Waals surface area contributed by atoms with Gasteiger partial charge in [-0.05, 0) is 59.2 Å². The fourth-order valence-electron chi connectivity index (χ4n) is 4.26. The molecule has 0 aliphatic rings. The molecule has 35 heavy (non-hydrogen) atoms. The zero-order valence-electron chi connectivity index (χ0n) is 24.6. The van der Waals surface area contributed by atoms with Gasteiger partial charge in [-0.1, -0.05) is 135 Å². The smallest absolute Gasteiger partial charge is 0.303 e. The highest BCUT2D eigenvalue weighted by atomic mass is 16.4. The first-order chi connectivity index (χ1) is 17.0. The van der Waals surface area contributed by atoms with Crippen LogP contribution in [0.5, 0.6) is 0 Å². The molecule has 0 unspecified atom stereocenters. The Balaban J connectivity index is 0. The number of rotatable bonds is 26. The molecular weight excluding hydrogens is 430 g/mol. The van der Waals surface area contributed by atoms with Crippen molar-refractivity contribution in [2.75, 3.05) is 20.6 Å². The normalized spacial score (nSPS) is 11.2. The topological polar surface area (TPSA) is 40.5 Å². The van der Waals surface area contributed by atoms with Gasteiger partial charge in [0, 0.05) is 6.42 Å². The van der Waals surface area contributed by atoms with Gasteiger partial charge in [0.25, 0.3) is 0 Å². The van der Waals surface area contributed by atoms with Crippen LogP contribution in [0.1, 0.15) is 168 Å². The Labute approximate surface area is 221 Å². The fourth-order valence-corrected chi connectivity index (χ4v) is 4.26. The van der Waals surface area contributed by atoms with Gasteiger partial charge in [-0.2, -0.15) is 0 Å². The van der Waals surface area contributed by atoms with Gasteiger partial charge >= 0.3 is 5.97 Å². The van der Waals surface area contributed by atoms with Crippen LogP contribution in [0.25, 0.3) is 0 Å². The summed E-state index contributed by atoms with van der Waals surface area (Å²) >= 11 is 0. The molecule has 0 aromatic carbocycles. The SMILES string of the molecule is CCCCCCCCC=CCCCCCCCC(=O)O.CCCCCCCCCCCCN(C)C. The summed E-state index contributed by atoms with van der Waals surface area (Å²) in [6, 6.07) is 0. The average Bonchev–Trinajstić information content (AvgIpc) is 2.83. The van der Waals surface area contributed by atoms with E-state index in [0.29, 0.717) is 6.42 Å². The molecule has 1 N–H and O–H groups in total. The first kappa shape index (κ1) is 36.3. The van der Waals surface area contributed by atoms with Crippen molar-refractivity contribution in [1.82, 2.24) is 4.90 Å². The van der Waals surface area contributed by atoms with Crippen molar-refractivity contribution in [3.05, 3.63) is 12.2 Å². The molecule has 0 aliphatic carbocycles. The van der Waals surface area contributed by atoms with Crippen molar-refractivity contribution >= 4 is 5.97 Å². The summed E-state index contributed by atoms with van der Waals surface area (Å²) in [5.74, 6) is -0.664. The molecule has 0 heterocycles. The van der Waals surface area contributed by atoms with Crippen LogP contribution in [0.2, 0.25) is 0 Å². The van der Waals surface area contributed by atoms with Crippen LogP contribution < -0.4 is 0 Å². The number of carboxylic acids is 1. The van der Waals surface area contributed by atoms with Crippen LogP contribution in [-0.4, -0.2) is 36.6 Å². The Hall–Kier alpha value is -0.830. The van der Waals surface area contributed by atoms with Crippen molar-refractivity contribution < 1.29 is 9.90 Å². The molecular formula is C32H65NO2. The van der Waals surface area contributed by atoms with Crippen LogP contribution in [0.4, 0.5) is 0 Å². The van der Waals surface area contributed by atoms with Gasteiger partial charge in [0.15, 0.2) is 0 Å². The Kier molecular flexibility index (Phi) is 34.4. The van der Waals surface area contributed by atoms with Gasteiger partial charge < -0.3 is 10.0 Å². The Bertz CT molecular complexity index is 420. The predicted octanol–water partition coefficient (Wildman–Crippen LogP) is 10.6. The van der Waals surface area contributed by atoms with Gasteiger partial charge in [-0.3, -0.25) is 4.79 Å². The molecule has 0 rings (SSSR count). The third-order valence-electron chi connectivity index (χ3n) is 6.61. The minimum atomic E-state index is -0.664. The highest BCUT2D eigenvalue weighted by Gasteiger charge is 1.96. The van der Waals surface area contributed by atoms with Gasteiger partial charge in [-0.25, -0.2) is 0 Å². The molecule has 210 valence electrons. The molecule has 0 radical (unpaired) electrons. The molecule has 0 atom stereocenters. The van der Waals surface area contributed by atoms with Crippen molar-refractivity contribution in [1.29, 1.82) is 0 Å². The molecule has 0 aromatic rings. The largest absolute Gasteiger partial charge is 0.481 e. The molecule has 0 spiro atoms. The van der Waals surface area contributed by atoms with Crippen molar-refractivity contribution in [2.24, 2.45) is 0 Å². The maximum absolute atomic E-state index is 10.3. The van der Waals surface area contributed by atoms with Crippen LogP contribution in [0, 0.1) is 0 Å². The highest BCUT2D eigenvalue weighted by Crippen LogP contribution is 2.11. The number of nitrogens with zero attached hydrogens (tertiary/aromatic N) is 1. The van der Waals surface area contributed by atoms with E-state index in [0.717, 1.165) is 12.8 Å². The lowest BCUT2D eigenvalue weighted by molar-refractivity contribution is -0.137. The number of carboxylic acid groups (broad SMARTS) is 1. The zero-order valence-corrected chi connectivity index (χ0v) is 24.6. The summed E-state index contributed by atoms with van der Waals surface area (Å²) in [5, 5.41) is 8.51. The van der Waals surface area contributed by atoms with Crippen LogP contribution in [-0.2, 0) is 4.79 Å². The molecule has 0 aliphatic heterocycles. The molecule has 0 amide bonds. The number of hydrogen-bond donors (Lipinski definition) is 1. The van der Waals surface area contributed by atoms with Crippen molar-refractivity contribution in [3.8, 4) is 0 Å². The minimum Gasteiger partial charge on any atom is -0.481 e. The predicted molar refractivity (Wildman–Crippen MR) is 157 cm³/mol. The van der Waals surface area contributed by atoms with E-state index in [-0.39, 0.29) is 0 Å². The van der Waals surface area contributed by atoms with E-state index >= 15 is 0 Å². The zero-order chi connectivity index (χ0) is 26.2. The lowest BCUT2D eigenvalue weighted by Gasteiger charge is -2.08. The third-order valence-corrected chi connectivity index (χ3v) is 6.61. The molecule has 3 heteroatoms. The van der Waals surface area contributed by atoms with Crippen LogP contribution in [0.3, 0.4) is 0 Å². The van der Waals surface area contributed by atoms with E-state index in [9.17, 15) is 4.79 Å². The molecule has 3 nitrogen and oxygen atoms in total. The maximum Gasteiger partial charge on any atom is 0.303 e. The lowest BCUT2D eigenvalue weighted by atomic mass is 10.1. The van der Waals surface area contributed by atoms with Gasteiger partial charge in [0.1, 0.15) is 0 Å². The number of allylic oxidation sites excluding steroid dienone is 2. The van der Waals surface area contributed by atoms with E-state index in [1.165, 1.54) is 141 Å². The van der Waals surface area contributed by atoms with Crippen molar-refractivity contribution in [2.45, 2.75) is 168 Å². The number of unbranched alkanes of at least 4 members (excludes halogenated alkanes) is 20. The third kappa shape index (κ3) is 40.6. The van der Waals surface area contributed by atoms with Gasteiger partial charge in [0.2, 0.25) is 0 Å². The number of carbonyl (C=O) groups is 1. The van der Waals surface area contributed by atoms with E-state index in [1.54, 1.807) is 0 Å². The second-order valence-electron chi connectivity index (χ2n) is 10.7. The number of hydrogen-bond acceptors (Lipinski definition) is 2. The maximum atomic E-state index is 10.3. The summed E-state index contributed by atoms with van der Waals surface area (Å²) in [7, 11) is 4.32. The molecule has 0 saturated carbocycles. The lowest BCUT2D eigenvalue weighted by Crippen LogP contribution is -2.12. The van der Waals surface area contributed by atoms with E-state index in [1.807, 2.05) is 0 Å². The summed E-state index contributed by atoms with van der Waals surface area (Å²) in [5.41, 5.74) is 0. The molecule has 0 bridgehead atoms. The standard InChI is InChI=1S/C18H34O2.C14H31N/c1-2-3-4-5-6-7-8-9-10-11-12-13-14-15-16-17-18(19)20;1-4-5-6-7-8-9-10-11-12-13-14-15(2)3/h9-10H,2-8,11-17H2,1H3,(H,19,20);4-14H2,1-3H3. The number of aliphatic carboxylic acids is 1. The minimum absolute atomic E-state index is 0.332. The second kappa shape index (κ2) is 33.2. The quantitative estimate of drug-likeness (QED) is 0.0958. The van der Waals surface area contributed by atoms with E-state index in [2.05, 4.69) is 45.0 Å².